The third-order valence-corrected chi connectivity index (χ3v) is 5.75. The number of halogens is 1. The third-order valence-electron chi connectivity index (χ3n) is 5.75. The predicted molar refractivity (Wildman–Crippen MR) is 119 cm³/mol. The number of amides is 1. The summed E-state index contributed by atoms with van der Waals surface area (Å²) in [7, 11) is 4.63. The maximum atomic E-state index is 13.1. The Morgan fingerprint density at radius 2 is 1.65 bits per heavy atom. The normalized spacial score (nSPS) is 14.8. The lowest BCUT2D eigenvalue weighted by molar-refractivity contribution is -0.116. The van der Waals surface area contributed by atoms with Gasteiger partial charge in [-0.05, 0) is 56.0 Å². The Morgan fingerprint density at radius 1 is 1.03 bits per heavy atom. The molecule has 1 N–H and O–H groups in total. The first-order chi connectivity index (χ1) is 15.0. The summed E-state index contributed by atoms with van der Waals surface area (Å²) in [6.45, 7) is 2.67. The summed E-state index contributed by atoms with van der Waals surface area (Å²) in [5, 5.41) is 2.92. The van der Waals surface area contributed by atoms with Crippen LogP contribution in [-0.2, 0) is 11.2 Å². The lowest BCUT2D eigenvalue weighted by Crippen LogP contribution is -2.36. The zero-order valence-corrected chi connectivity index (χ0v) is 18.4. The number of carbonyl (C=O) groups excluding carboxylic acids is 1. The Bertz CT molecular complexity index is 839. The van der Waals surface area contributed by atoms with Gasteiger partial charge in [-0.1, -0.05) is 12.1 Å². The highest BCUT2D eigenvalue weighted by atomic mass is 19.1. The number of likely N-dealkylation sites (tertiary alicyclic amines) is 1. The van der Waals surface area contributed by atoms with Gasteiger partial charge in [-0.25, -0.2) is 4.39 Å². The summed E-state index contributed by atoms with van der Waals surface area (Å²) >= 11 is 0. The number of methoxy groups -OCH3 is 3. The van der Waals surface area contributed by atoms with Crippen molar-refractivity contribution < 1.29 is 23.4 Å². The number of hydrogen-bond donors (Lipinski definition) is 1. The van der Waals surface area contributed by atoms with Gasteiger partial charge in [0, 0.05) is 30.8 Å². The molecule has 1 aliphatic rings. The van der Waals surface area contributed by atoms with Crippen LogP contribution < -0.4 is 19.5 Å². The minimum Gasteiger partial charge on any atom is -0.493 e. The summed E-state index contributed by atoms with van der Waals surface area (Å²) in [6, 6.07) is 10.2. The molecule has 0 saturated carbocycles. The molecular weight excluding hydrogens is 399 g/mol. The largest absolute Gasteiger partial charge is 0.493 e. The lowest BCUT2D eigenvalue weighted by atomic mass is 9.90. The summed E-state index contributed by atoms with van der Waals surface area (Å²) < 4.78 is 29.0. The van der Waals surface area contributed by atoms with Crippen LogP contribution in [0.5, 0.6) is 17.2 Å². The van der Waals surface area contributed by atoms with Crippen LogP contribution in [0.3, 0.4) is 0 Å². The van der Waals surface area contributed by atoms with E-state index in [0.717, 1.165) is 38.9 Å². The fraction of sp³-hybridized carbons (Fsp3) is 0.458. The molecular formula is C24H31FN2O4. The van der Waals surface area contributed by atoms with Gasteiger partial charge in [-0.3, -0.25) is 4.79 Å². The van der Waals surface area contributed by atoms with Gasteiger partial charge in [0.25, 0.3) is 0 Å². The Kier molecular flexibility index (Phi) is 8.12. The second kappa shape index (κ2) is 11.0. The van der Waals surface area contributed by atoms with Crippen molar-refractivity contribution in [1.82, 2.24) is 4.90 Å². The third kappa shape index (κ3) is 6.34. The molecule has 0 radical (unpaired) electrons. The Hall–Kier alpha value is -2.80. The van der Waals surface area contributed by atoms with Crippen LogP contribution in [0.2, 0.25) is 0 Å². The Balaban J connectivity index is 1.45. The van der Waals surface area contributed by atoms with Gasteiger partial charge < -0.3 is 24.4 Å². The topological polar surface area (TPSA) is 60.0 Å². The van der Waals surface area contributed by atoms with Crippen molar-refractivity contribution in [3.05, 3.63) is 47.8 Å². The maximum absolute atomic E-state index is 13.1. The molecule has 1 saturated heterocycles. The molecule has 168 valence electrons. The van der Waals surface area contributed by atoms with Crippen LogP contribution in [0.1, 0.15) is 24.8 Å². The first-order valence-corrected chi connectivity index (χ1v) is 10.6. The van der Waals surface area contributed by atoms with E-state index in [1.54, 1.807) is 33.5 Å². The quantitative estimate of drug-likeness (QED) is 0.648. The zero-order chi connectivity index (χ0) is 22.2. The first-order valence-electron chi connectivity index (χ1n) is 10.6. The van der Waals surface area contributed by atoms with Crippen LogP contribution in [-0.4, -0.2) is 51.8 Å². The van der Waals surface area contributed by atoms with Crippen LogP contribution in [0.25, 0.3) is 0 Å². The number of nitrogens with one attached hydrogen (secondary N) is 1. The highest BCUT2D eigenvalue weighted by Gasteiger charge is 2.20. The fourth-order valence-electron chi connectivity index (χ4n) is 4.00. The highest BCUT2D eigenvalue weighted by Crippen LogP contribution is 2.39. The Labute approximate surface area is 183 Å². The van der Waals surface area contributed by atoms with Gasteiger partial charge in [0.1, 0.15) is 5.82 Å². The molecule has 1 fully saturated rings. The molecule has 7 heteroatoms. The van der Waals surface area contributed by atoms with E-state index >= 15 is 0 Å². The summed E-state index contributed by atoms with van der Waals surface area (Å²) in [5.41, 5.74) is 1.79. The molecule has 6 nitrogen and oxygen atoms in total. The molecule has 0 unspecified atom stereocenters. The van der Waals surface area contributed by atoms with Gasteiger partial charge >= 0.3 is 0 Å². The maximum Gasteiger partial charge on any atom is 0.225 e. The van der Waals surface area contributed by atoms with Crippen molar-refractivity contribution in [3.8, 4) is 17.2 Å². The summed E-state index contributed by atoms with van der Waals surface area (Å²) in [5.74, 6) is 1.85. The smallest absolute Gasteiger partial charge is 0.225 e. The average Bonchev–Trinajstić information content (AvgIpc) is 2.79. The van der Waals surface area contributed by atoms with Crippen molar-refractivity contribution in [2.24, 2.45) is 5.92 Å². The van der Waals surface area contributed by atoms with Gasteiger partial charge in [0.15, 0.2) is 11.5 Å². The van der Waals surface area contributed by atoms with E-state index in [4.69, 9.17) is 14.2 Å². The highest BCUT2D eigenvalue weighted by molar-refractivity contribution is 5.91. The second-order valence-electron chi connectivity index (χ2n) is 7.83. The van der Waals surface area contributed by atoms with Gasteiger partial charge in [-0.2, -0.15) is 0 Å². The van der Waals surface area contributed by atoms with Crippen molar-refractivity contribution in [2.75, 3.05) is 46.3 Å². The molecule has 0 bridgehead atoms. The van der Waals surface area contributed by atoms with Crippen molar-refractivity contribution in [3.63, 3.8) is 0 Å². The van der Waals surface area contributed by atoms with Gasteiger partial charge in [-0.15, -0.1) is 0 Å². The van der Waals surface area contributed by atoms with E-state index in [1.807, 2.05) is 12.1 Å². The summed E-state index contributed by atoms with van der Waals surface area (Å²) in [4.78, 5) is 14.8. The number of benzene rings is 2. The van der Waals surface area contributed by atoms with Gasteiger partial charge in [0.05, 0.1) is 21.3 Å². The Morgan fingerprint density at radius 3 is 2.19 bits per heavy atom. The molecule has 0 atom stereocenters. The van der Waals surface area contributed by atoms with Crippen LogP contribution in [0.15, 0.2) is 36.4 Å². The number of anilines is 1. The molecule has 2 aromatic carbocycles. The number of piperidine rings is 1. The first kappa shape index (κ1) is 22.9. The molecule has 0 spiro atoms. The molecule has 1 aliphatic heterocycles. The van der Waals surface area contributed by atoms with Crippen LogP contribution in [0, 0.1) is 11.7 Å². The van der Waals surface area contributed by atoms with Crippen molar-refractivity contribution in [2.45, 2.75) is 25.7 Å². The molecule has 0 aliphatic carbocycles. The number of nitrogens with zero attached hydrogens (tertiary/aromatic N) is 1. The SMILES string of the molecule is COc1cc(NC(=O)CCN2CCC(Cc3ccc(F)cc3)CC2)cc(OC)c1OC. The number of rotatable bonds is 9. The standard InChI is InChI=1S/C24H31FN2O4/c1-29-21-15-20(16-22(30-2)24(21)31-3)26-23(28)10-13-27-11-8-18(9-12-27)14-17-4-6-19(25)7-5-17/h4-7,15-16,18H,8-14H2,1-3H3,(H,26,28). The van der Waals surface area contributed by atoms with E-state index < -0.39 is 0 Å². The lowest BCUT2D eigenvalue weighted by Gasteiger charge is -2.31. The predicted octanol–water partition coefficient (Wildman–Crippen LogP) is 4.13. The molecule has 0 aromatic heterocycles. The van der Waals surface area contributed by atoms with E-state index in [9.17, 15) is 9.18 Å². The summed E-state index contributed by atoms with van der Waals surface area (Å²) in [6.07, 6.45) is 3.58. The van der Waals surface area contributed by atoms with E-state index in [1.165, 1.54) is 17.7 Å². The molecule has 3 rings (SSSR count). The monoisotopic (exact) mass is 430 g/mol. The number of hydrogen-bond acceptors (Lipinski definition) is 5. The number of carbonyl (C=O) groups is 1. The second-order valence-corrected chi connectivity index (χ2v) is 7.83. The average molecular weight is 431 g/mol. The molecule has 31 heavy (non-hydrogen) atoms. The van der Waals surface area contributed by atoms with Gasteiger partial charge in [0.2, 0.25) is 11.7 Å². The van der Waals surface area contributed by atoms with Crippen molar-refractivity contribution >= 4 is 11.6 Å². The van der Waals surface area contributed by atoms with Crippen LogP contribution in [0.4, 0.5) is 10.1 Å². The van der Waals surface area contributed by atoms with E-state index in [0.29, 0.717) is 35.3 Å². The van der Waals surface area contributed by atoms with E-state index in [2.05, 4.69) is 10.2 Å². The number of ether oxygens (including phenoxy) is 3. The molecule has 1 amide bonds. The molecule has 2 aromatic rings. The van der Waals surface area contributed by atoms with Crippen LogP contribution >= 0.6 is 0 Å². The zero-order valence-electron chi connectivity index (χ0n) is 18.4. The fourth-order valence-corrected chi connectivity index (χ4v) is 4.00. The van der Waals surface area contributed by atoms with Crippen molar-refractivity contribution in [1.29, 1.82) is 0 Å². The molecule has 1 heterocycles. The van der Waals surface area contributed by atoms with E-state index in [-0.39, 0.29) is 11.7 Å². The minimum absolute atomic E-state index is 0.0530. The minimum atomic E-state index is -0.191.